The Labute approximate surface area is 219 Å². The maximum absolute atomic E-state index is 13.6. The van der Waals surface area contributed by atoms with E-state index < -0.39 is 43.0 Å². The van der Waals surface area contributed by atoms with E-state index in [4.69, 9.17) is 4.74 Å². The van der Waals surface area contributed by atoms with Crippen LogP contribution in [0.1, 0.15) is 24.6 Å². The topological polar surface area (TPSA) is 105 Å². The molecule has 0 N–H and O–H groups in total. The average Bonchev–Trinajstić information content (AvgIpc) is 3.44. The SMILES string of the molecule is CCCN(CCSc1ccc(OCC(=O)[O-])c(C)c1)S(=O)(=O)[s+]1cccc1-c1cc(C(F)(F)F)n(C)n1. The van der Waals surface area contributed by atoms with Crippen LogP contribution in [-0.2, 0) is 27.1 Å². The third-order valence-corrected chi connectivity index (χ3v) is 11.7. The number of rotatable bonds is 12. The lowest BCUT2D eigenvalue weighted by Crippen LogP contribution is -2.32. The third kappa shape index (κ3) is 7.06. The van der Waals surface area contributed by atoms with Crippen molar-refractivity contribution in [2.24, 2.45) is 7.05 Å². The highest BCUT2D eigenvalue weighted by atomic mass is 33.2. The highest BCUT2D eigenvalue weighted by Gasteiger charge is 2.39. The smallest absolute Gasteiger partial charge is 0.433 e. The van der Waals surface area contributed by atoms with Crippen molar-refractivity contribution >= 4 is 36.3 Å². The van der Waals surface area contributed by atoms with E-state index in [1.165, 1.54) is 40.6 Å². The minimum Gasteiger partial charge on any atom is -0.546 e. The molecule has 0 radical (unpaired) electrons. The molecule has 3 aromatic rings. The van der Waals surface area contributed by atoms with Gasteiger partial charge in [-0.05, 0) is 43.2 Å². The number of hydrogen-bond acceptors (Lipinski definition) is 7. The van der Waals surface area contributed by atoms with E-state index >= 15 is 0 Å². The van der Waals surface area contributed by atoms with Crippen molar-refractivity contribution in [3.63, 3.8) is 0 Å². The van der Waals surface area contributed by atoms with Crippen molar-refractivity contribution in [3.8, 4) is 16.3 Å². The number of halogens is 3. The van der Waals surface area contributed by atoms with Gasteiger partial charge in [0.25, 0.3) is 0 Å². The van der Waals surface area contributed by atoms with Gasteiger partial charge in [-0.3, -0.25) is 4.68 Å². The maximum Gasteiger partial charge on any atom is 0.433 e. The summed E-state index contributed by atoms with van der Waals surface area (Å²) in [5.41, 5.74) is -0.247. The molecule has 0 spiro atoms. The van der Waals surface area contributed by atoms with E-state index in [-0.39, 0.29) is 23.7 Å². The molecule has 14 heteroatoms. The number of aliphatic carboxylic acids is 1. The summed E-state index contributed by atoms with van der Waals surface area (Å²) in [6.07, 6.45) is -4.04. The fraction of sp³-hybridized carbons (Fsp3) is 0.391. The van der Waals surface area contributed by atoms with Crippen LogP contribution in [0, 0.1) is 6.92 Å². The van der Waals surface area contributed by atoms with Crippen molar-refractivity contribution in [2.45, 2.75) is 31.3 Å². The summed E-state index contributed by atoms with van der Waals surface area (Å²) in [5, 5.41) is 16.0. The second-order valence-corrected chi connectivity index (χ2v) is 14.2. The molecule has 37 heavy (non-hydrogen) atoms. The van der Waals surface area contributed by atoms with Gasteiger partial charge in [0.15, 0.2) is 5.38 Å². The Morgan fingerprint density at radius 2 is 1.97 bits per heavy atom. The van der Waals surface area contributed by atoms with Gasteiger partial charge in [0.2, 0.25) is 4.88 Å². The van der Waals surface area contributed by atoms with Crippen molar-refractivity contribution in [1.82, 2.24) is 14.1 Å². The highest BCUT2D eigenvalue weighted by Crippen LogP contribution is 2.42. The molecule has 0 saturated heterocycles. The molecule has 1 aromatic carbocycles. The first-order valence-electron chi connectivity index (χ1n) is 11.1. The van der Waals surface area contributed by atoms with Gasteiger partial charge in [-0.15, -0.1) is 11.8 Å². The Kier molecular flexibility index (Phi) is 9.32. The van der Waals surface area contributed by atoms with E-state index in [0.29, 0.717) is 22.6 Å². The number of carbonyl (C=O) groups excluding carboxylic acids is 1. The molecule has 1 atom stereocenters. The van der Waals surface area contributed by atoms with E-state index in [9.17, 15) is 31.5 Å². The molecular formula is C23H26F3N3O5S3. The van der Waals surface area contributed by atoms with Gasteiger partial charge in [0.05, 0.1) is 5.97 Å². The second-order valence-electron chi connectivity index (χ2n) is 7.99. The molecule has 8 nitrogen and oxygen atoms in total. The van der Waals surface area contributed by atoms with E-state index in [1.54, 1.807) is 19.1 Å². The first-order chi connectivity index (χ1) is 17.3. The normalized spacial score (nSPS) is 12.8. The van der Waals surface area contributed by atoms with Crippen molar-refractivity contribution in [1.29, 1.82) is 0 Å². The van der Waals surface area contributed by atoms with Crippen LogP contribution in [0.5, 0.6) is 5.75 Å². The minimum absolute atomic E-state index is 0.0194. The molecule has 2 heterocycles. The first-order valence-corrected chi connectivity index (χ1v) is 15.4. The summed E-state index contributed by atoms with van der Waals surface area (Å²) < 4.78 is 74.1. The largest absolute Gasteiger partial charge is 0.546 e. The van der Waals surface area contributed by atoms with Crippen LogP contribution in [0.2, 0.25) is 0 Å². The van der Waals surface area contributed by atoms with Gasteiger partial charge in [0, 0.05) is 42.9 Å². The maximum atomic E-state index is 13.6. The van der Waals surface area contributed by atoms with Crippen molar-refractivity contribution in [3.05, 3.63) is 53.0 Å². The summed E-state index contributed by atoms with van der Waals surface area (Å²) in [6.45, 7) is 3.52. The second kappa shape index (κ2) is 11.9. The number of carboxylic acid groups (broad SMARTS) is 1. The van der Waals surface area contributed by atoms with E-state index in [2.05, 4.69) is 5.10 Å². The molecule has 3 rings (SSSR count). The molecule has 202 valence electrons. The number of alkyl halides is 3. The molecule has 0 saturated carbocycles. The number of benzene rings is 1. The van der Waals surface area contributed by atoms with E-state index in [1.807, 2.05) is 13.0 Å². The Morgan fingerprint density at radius 3 is 2.57 bits per heavy atom. The fourth-order valence-corrected chi connectivity index (χ4v) is 9.67. The van der Waals surface area contributed by atoms with E-state index in [0.717, 1.165) is 16.5 Å². The molecule has 0 amide bonds. The lowest BCUT2D eigenvalue weighted by Gasteiger charge is -2.17. The summed E-state index contributed by atoms with van der Waals surface area (Å²) in [5.74, 6) is -0.477. The van der Waals surface area contributed by atoms with Gasteiger partial charge in [0.1, 0.15) is 33.2 Å². The zero-order chi connectivity index (χ0) is 27.4. The molecule has 0 bridgehead atoms. The number of hydrogen-bond donors (Lipinski definition) is 0. The first kappa shape index (κ1) is 29.0. The average molecular weight is 578 g/mol. The Balaban J connectivity index is 1.76. The monoisotopic (exact) mass is 577 g/mol. The zero-order valence-corrected chi connectivity index (χ0v) is 22.8. The van der Waals surface area contributed by atoms with Gasteiger partial charge in [-0.25, -0.2) is 0 Å². The summed E-state index contributed by atoms with van der Waals surface area (Å²) in [6, 6.07) is 9.11. The molecule has 0 fully saturated rings. The third-order valence-electron chi connectivity index (χ3n) is 5.21. The van der Waals surface area contributed by atoms with Crippen LogP contribution in [0.4, 0.5) is 13.2 Å². The number of nitrogens with zero attached hydrogens (tertiary/aromatic N) is 3. The number of ether oxygens (including phenoxy) is 1. The Bertz CT molecular complexity index is 1350. The summed E-state index contributed by atoms with van der Waals surface area (Å²) >= 11 is 1.43. The lowest BCUT2D eigenvalue weighted by atomic mass is 10.2. The molecule has 0 aliphatic carbocycles. The van der Waals surface area contributed by atoms with Crippen LogP contribution >= 0.6 is 21.3 Å². The summed E-state index contributed by atoms with van der Waals surface area (Å²) in [4.78, 5) is 11.7. The van der Waals surface area contributed by atoms with Gasteiger partial charge < -0.3 is 14.6 Å². The van der Waals surface area contributed by atoms with Crippen LogP contribution in [0.25, 0.3) is 10.6 Å². The van der Waals surface area contributed by atoms with Crippen LogP contribution in [-0.4, -0.2) is 53.9 Å². The molecule has 0 aliphatic rings. The van der Waals surface area contributed by atoms with Crippen LogP contribution < -0.4 is 9.84 Å². The molecular weight excluding hydrogens is 551 g/mol. The number of carbonyl (C=O) groups is 1. The zero-order valence-electron chi connectivity index (χ0n) is 20.3. The number of aryl methyl sites for hydroxylation is 2. The molecule has 1 unspecified atom stereocenters. The van der Waals surface area contributed by atoms with Gasteiger partial charge in [-0.2, -0.15) is 31.0 Å². The standard InChI is InChI=1S/C23H26F3N3O5S3/c1-4-9-29(10-11-35-17-7-8-19(16(2)13-17)34-15-22(30)31)37(32,33)36-12-5-6-20(36)18-14-21(23(24,25)26)28(3)27-18/h5-8,12-14H,4,9-11,15H2,1-3H3. The Morgan fingerprint density at radius 1 is 1.24 bits per heavy atom. The van der Waals surface area contributed by atoms with Gasteiger partial charge >= 0.3 is 15.2 Å². The number of aromatic nitrogens is 2. The quantitative estimate of drug-likeness (QED) is 0.183. The summed E-state index contributed by atoms with van der Waals surface area (Å²) in [7, 11) is -4.21. The molecule has 0 aliphatic heterocycles. The number of carboxylic acids is 1. The van der Waals surface area contributed by atoms with Gasteiger partial charge in [-0.1, -0.05) is 6.92 Å². The molecule has 2 aromatic heterocycles. The Hall–Kier alpha value is -2.55. The number of thiophene rings is 1. The van der Waals surface area contributed by atoms with Crippen LogP contribution in [0.3, 0.4) is 0 Å². The predicted molar refractivity (Wildman–Crippen MR) is 135 cm³/mol. The minimum atomic E-state index is -4.61. The van der Waals surface area contributed by atoms with Crippen molar-refractivity contribution in [2.75, 3.05) is 25.4 Å². The predicted octanol–water partition coefficient (Wildman–Crippen LogP) is 3.89. The van der Waals surface area contributed by atoms with Crippen molar-refractivity contribution < 1.29 is 36.2 Å². The fourth-order valence-electron chi connectivity index (χ4n) is 3.54. The lowest BCUT2D eigenvalue weighted by molar-refractivity contribution is -0.307. The highest BCUT2D eigenvalue weighted by molar-refractivity contribution is 8.38. The van der Waals surface area contributed by atoms with Crippen LogP contribution in [0.15, 0.2) is 46.7 Å². The number of thioether (sulfide) groups is 1.